The molecule has 1 unspecified atom stereocenters. The van der Waals surface area contributed by atoms with Crippen LogP contribution in [0.2, 0.25) is 0 Å². The van der Waals surface area contributed by atoms with Crippen LogP contribution in [-0.4, -0.2) is 22.5 Å². The summed E-state index contributed by atoms with van der Waals surface area (Å²) in [5.74, 6) is -0.733. The Hall–Kier alpha value is -2.20. The van der Waals surface area contributed by atoms with Gasteiger partial charge in [-0.25, -0.2) is 0 Å². The molecular formula is C22H23NO2S. The van der Waals surface area contributed by atoms with E-state index in [1.807, 2.05) is 11.8 Å². The molecule has 0 bridgehead atoms. The Morgan fingerprint density at radius 1 is 1.12 bits per heavy atom. The Bertz CT molecular complexity index is 889. The second-order valence-electron chi connectivity index (χ2n) is 7.46. The molecule has 0 fully saturated rings. The molecule has 3 nitrogen and oxygen atoms in total. The molecule has 1 N–H and O–H groups in total. The van der Waals surface area contributed by atoms with E-state index < -0.39 is 5.97 Å². The number of aliphatic carboxylic acids is 1. The summed E-state index contributed by atoms with van der Waals surface area (Å²) in [5.41, 5.74) is 3.70. The van der Waals surface area contributed by atoms with Gasteiger partial charge in [-0.05, 0) is 35.8 Å². The zero-order valence-corrected chi connectivity index (χ0v) is 15.9. The van der Waals surface area contributed by atoms with Crippen molar-refractivity contribution in [2.24, 2.45) is 0 Å². The number of nitrogens with zero attached hydrogens (tertiary/aromatic N) is 1. The van der Waals surface area contributed by atoms with Crippen LogP contribution < -0.4 is 4.90 Å². The minimum atomic E-state index is -0.733. The first-order valence-corrected chi connectivity index (χ1v) is 9.83. The molecule has 2 aliphatic heterocycles. The van der Waals surface area contributed by atoms with E-state index in [2.05, 4.69) is 79.4 Å². The van der Waals surface area contributed by atoms with Crippen LogP contribution in [-0.2, 0) is 10.2 Å². The van der Waals surface area contributed by atoms with Gasteiger partial charge in [-0.3, -0.25) is 4.79 Å². The number of anilines is 1. The number of benzene rings is 2. The van der Waals surface area contributed by atoms with Gasteiger partial charge in [-0.15, -0.1) is 0 Å². The van der Waals surface area contributed by atoms with E-state index in [9.17, 15) is 4.79 Å². The molecule has 4 rings (SSSR count). The molecule has 1 spiro atoms. The van der Waals surface area contributed by atoms with Crippen molar-refractivity contribution in [2.75, 3.05) is 11.4 Å². The van der Waals surface area contributed by atoms with Crippen LogP contribution >= 0.6 is 11.8 Å². The van der Waals surface area contributed by atoms with Gasteiger partial charge in [0.25, 0.3) is 0 Å². The number of carbonyl (C=O) groups is 1. The van der Waals surface area contributed by atoms with Crippen molar-refractivity contribution in [3.63, 3.8) is 0 Å². The Kier molecular flexibility index (Phi) is 4.11. The lowest BCUT2D eigenvalue weighted by molar-refractivity contribution is -0.137. The number of hydrogen-bond acceptors (Lipinski definition) is 3. The van der Waals surface area contributed by atoms with Crippen LogP contribution in [0.25, 0.3) is 6.08 Å². The minimum absolute atomic E-state index is 0.0957. The summed E-state index contributed by atoms with van der Waals surface area (Å²) in [6, 6.07) is 17.0. The monoisotopic (exact) mass is 365 g/mol. The van der Waals surface area contributed by atoms with E-state index >= 15 is 0 Å². The molecular weight excluding hydrogens is 342 g/mol. The lowest BCUT2D eigenvalue weighted by Crippen LogP contribution is -2.52. The van der Waals surface area contributed by atoms with Crippen molar-refractivity contribution in [2.45, 2.75) is 41.9 Å². The third kappa shape index (κ3) is 2.47. The van der Waals surface area contributed by atoms with E-state index in [1.54, 1.807) is 0 Å². The number of thioether (sulfide) groups is 1. The highest BCUT2D eigenvalue weighted by Gasteiger charge is 2.56. The molecule has 0 saturated carbocycles. The normalized spacial score (nSPS) is 22.3. The second kappa shape index (κ2) is 6.20. The Morgan fingerprint density at radius 2 is 1.85 bits per heavy atom. The van der Waals surface area contributed by atoms with Crippen LogP contribution in [0.5, 0.6) is 0 Å². The minimum Gasteiger partial charge on any atom is -0.481 e. The summed E-state index contributed by atoms with van der Waals surface area (Å²) in [7, 11) is 0. The molecule has 0 aliphatic carbocycles. The zero-order valence-electron chi connectivity index (χ0n) is 15.1. The average molecular weight is 365 g/mol. The van der Waals surface area contributed by atoms with Crippen molar-refractivity contribution in [3.8, 4) is 0 Å². The molecule has 4 heteroatoms. The van der Waals surface area contributed by atoms with Gasteiger partial charge in [0.2, 0.25) is 0 Å². The molecule has 0 radical (unpaired) electrons. The van der Waals surface area contributed by atoms with E-state index in [1.165, 1.54) is 21.7 Å². The van der Waals surface area contributed by atoms with Crippen molar-refractivity contribution < 1.29 is 9.90 Å². The third-order valence-corrected chi connectivity index (χ3v) is 7.38. The van der Waals surface area contributed by atoms with Gasteiger partial charge in [0.15, 0.2) is 0 Å². The Labute approximate surface area is 158 Å². The van der Waals surface area contributed by atoms with Crippen LogP contribution in [0.1, 0.15) is 37.8 Å². The SMILES string of the molecule is CC1(C)c2ccccc2N(CCCC(=O)O)C12C=Cc1ccccc1S2. The summed E-state index contributed by atoms with van der Waals surface area (Å²) >= 11 is 1.89. The predicted molar refractivity (Wildman–Crippen MR) is 108 cm³/mol. The maximum atomic E-state index is 11.0. The molecule has 0 amide bonds. The van der Waals surface area contributed by atoms with E-state index in [4.69, 9.17) is 5.11 Å². The number of carboxylic acids is 1. The molecule has 2 heterocycles. The zero-order chi connectivity index (χ0) is 18.4. The largest absolute Gasteiger partial charge is 0.481 e. The van der Waals surface area contributed by atoms with Gasteiger partial charge >= 0.3 is 5.97 Å². The number of para-hydroxylation sites is 1. The van der Waals surface area contributed by atoms with E-state index in [0.29, 0.717) is 6.42 Å². The highest BCUT2D eigenvalue weighted by atomic mass is 32.2. The standard InChI is InChI=1S/C22H23NO2S/c1-21(2)17-9-4-5-10-18(17)23(15-7-12-20(24)25)22(21)14-13-16-8-3-6-11-19(16)26-22/h3-6,8-11,13-14H,7,12,15H2,1-2H3,(H,24,25). The number of fused-ring (bicyclic) bond motifs is 2. The fraction of sp³-hybridized carbons (Fsp3) is 0.318. The maximum absolute atomic E-state index is 11.0. The van der Waals surface area contributed by atoms with Crippen molar-refractivity contribution in [3.05, 3.63) is 65.7 Å². The second-order valence-corrected chi connectivity index (χ2v) is 8.73. The number of carboxylic acid groups (broad SMARTS) is 1. The average Bonchev–Trinajstić information content (AvgIpc) is 2.80. The summed E-state index contributed by atoms with van der Waals surface area (Å²) in [4.78, 5) is 14.5. The topological polar surface area (TPSA) is 40.5 Å². The van der Waals surface area contributed by atoms with Gasteiger partial charge in [-0.1, -0.05) is 68.1 Å². The van der Waals surface area contributed by atoms with Crippen LogP contribution in [0.4, 0.5) is 5.69 Å². The van der Waals surface area contributed by atoms with E-state index in [-0.39, 0.29) is 16.7 Å². The molecule has 1 atom stereocenters. The summed E-state index contributed by atoms with van der Waals surface area (Å²) in [6.07, 6.45) is 5.38. The Morgan fingerprint density at radius 3 is 2.65 bits per heavy atom. The highest BCUT2D eigenvalue weighted by molar-refractivity contribution is 8.01. The first kappa shape index (κ1) is 17.2. The molecule has 26 heavy (non-hydrogen) atoms. The van der Waals surface area contributed by atoms with Crippen molar-refractivity contribution >= 4 is 29.5 Å². The van der Waals surface area contributed by atoms with Crippen LogP contribution in [0.3, 0.4) is 0 Å². The fourth-order valence-corrected chi connectivity index (χ4v) is 5.76. The van der Waals surface area contributed by atoms with E-state index in [0.717, 1.165) is 6.54 Å². The van der Waals surface area contributed by atoms with Gasteiger partial charge < -0.3 is 10.0 Å². The highest BCUT2D eigenvalue weighted by Crippen LogP contribution is 2.61. The van der Waals surface area contributed by atoms with Crippen LogP contribution in [0.15, 0.2) is 59.5 Å². The molecule has 2 aromatic rings. The summed E-state index contributed by atoms with van der Waals surface area (Å²) in [6.45, 7) is 5.33. The smallest absolute Gasteiger partial charge is 0.303 e. The lowest BCUT2D eigenvalue weighted by atomic mass is 9.79. The maximum Gasteiger partial charge on any atom is 0.303 e. The molecule has 134 valence electrons. The van der Waals surface area contributed by atoms with Crippen molar-refractivity contribution in [1.82, 2.24) is 0 Å². The lowest BCUT2D eigenvalue weighted by Gasteiger charge is -2.47. The summed E-state index contributed by atoms with van der Waals surface area (Å²) < 4.78 is 0. The predicted octanol–water partition coefficient (Wildman–Crippen LogP) is 5.16. The quantitative estimate of drug-likeness (QED) is 0.812. The molecule has 2 aromatic carbocycles. The first-order valence-electron chi connectivity index (χ1n) is 9.02. The fourth-order valence-electron chi connectivity index (χ4n) is 4.22. The molecule has 0 saturated heterocycles. The molecule has 2 aliphatic rings. The Balaban J connectivity index is 1.80. The molecule has 0 aromatic heterocycles. The number of hydrogen-bond donors (Lipinski definition) is 1. The first-order chi connectivity index (χ1) is 12.5. The van der Waals surface area contributed by atoms with Gasteiger partial charge in [0.05, 0.1) is 0 Å². The van der Waals surface area contributed by atoms with Gasteiger partial charge in [0.1, 0.15) is 4.87 Å². The van der Waals surface area contributed by atoms with Gasteiger partial charge in [0, 0.05) is 29.0 Å². The third-order valence-electron chi connectivity index (χ3n) is 5.61. The van der Waals surface area contributed by atoms with Crippen LogP contribution in [0, 0.1) is 0 Å². The summed E-state index contributed by atoms with van der Waals surface area (Å²) in [5, 5.41) is 9.08. The number of rotatable bonds is 4. The van der Waals surface area contributed by atoms with Crippen molar-refractivity contribution in [1.29, 1.82) is 0 Å². The van der Waals surface area contributed by atoms with Gasteiger partial charge in [-0.2, -0.15) is 0 Å².